The SMILES string of the molecule is CN1CCSC(CCCCC=O)C1. The van der Waals surface area contributed by atoms with Gasteiger partial charge in [-0.3, -0.25) is 0 Å². The first-order chi connectivity index (χ1) is 6.33. The molecular weight excluding hydrogens is 182 g/mol. The van der Waals surface area contributed by atoms with Crippen molar-refractivity contribution in [2.24, 2.45) is 0 Å². The van der Waals surface area contributed by atoms with E-state index in [-0.39, 0.29) is 0 Å². The van der Waals surface area contributed by atoms with Gasteiger partial charge < -0.3 is 9.69 Å². The monoisotopic (exact) mass is 201 g/mol. The Morgan fingerprint density at radius 1 is 1.54 bits per heavy atom. The molecular formula is C10H19NOS. The summed E-state index contributed by atoms with van der Waals surface area (Å²) in [5.41, 5.74) is 0. The second-order valence-electron chi connectivity index (χ2n) is 3.71. The number of unbranched alkanes of at least 4 members (excludes halogenated alkanes) is 2. The van der Waals surface area contributed by atoms with Crippen molar-refractivity contribution in [3.8, 4) is 0 Å². The van der Waals surface area contributed by atoms with Crippen LogP contribution in [-0.4, -0.2) is 42.3 Å². The number of hydrogen-bond acceptors (Lipinski definition) is 3. The molecule has 0 aromatic heterocycles. The largest absolute Gasteiger partial charge is 0.304 e. The lowest BCUT2D eigenvalue weighted by Crippen LogP contribution is -2.34. The summed E-state index contributed by atoms with van der Waals surface area (Å²) in [7, 11) is 2.19. The Balaban J connectivity index is 2.03. The Hall–Kier alpha value is -0.0200. The number of hydrogen-bond donors (Lipinski definition) is 0. The van der Waals surface area contributed by atoms with Gasteiger partial charge in [0, 0.05) is 30.5 Å². The molecule has 0 aromatic carbocycles. The summed E-state index contributed by atoms with van der Waals surface area (Å²) in [6, 6.07) is 0. The van der Waals surface area contributed by atoms with Gasteiger partial charge in [0.05, 0.1) is 0 Å². The van der Waals surface area contributed by atoms with Crippen LogP contribution in [0.15, 0.2) is 0 Å². The summed E-state index contributed by atoms with van der Waals surface area (Å²) in [5.74, 6) is 1.27. The zero-order chi connectivity index (χ0) is 9.52. The van der Waals surface area contributed by atoms with Gasteiger partial charge in [-0.15, -0.1) is 0 Å². The van der Waals surface area contributed by atoms with Crippen LogP contribution in [0.2, 0.25) is 0 Å². The summed E-state index contributed by atoms with van der Waals surface area (Å²) in [6.45, 7) is 2.46. The maximum Gasteiger partial charge on any atom is 0.119 e. The fourth-order valence-electron chi connectivity index (χ4n) is 1.64. The number of nitrogens with zero attached hydrogens (tertiary/aromatic N) is 1. The molecule has 0 spiro atoms. The number of thioether (sulfide) groups is 1. The Morgan fingerprint density at radius 3 is 3.08 bits per heavy atom. The summed E-state index contributed by atoms with van der Waals surface area (Å²) in [5, 5.41) is 0.811. The lowest BCUT2D eigenvalue weighted by Gasteiger charge is -2.29. The van der Waals surface area contributed by atoms with E-state index < -0.39 is 0 Å². The molecule has 1 aliphatic rings. The van der Waals surface area contributed by atoms with Gasteiger partial charge >= 0.3 is 0 Å². The fraction of sp³-hybridized carbons (Fsp3) is 0.900. The highest BCUT2D eigenvalue weighted by molar-refractivity contribution is 8.00. The molecule has 1 heterocycles. The van der Waals surface area contributed by atoms with Gasteiger partial charge in [-0.2, -0.15) is 11.8 Å². The zero-order valence-electron chi connectivity index (χ0n) is 8.37. The molecule has 1 atom stereocenters. The van der Waals surface area contributed by atoms with Crippen molar-refractivity contribution in [1.29, 1.82) is 0 Å². The molecule has 76 valence electrons. The van der Waals surface area contributed by atoms with Crippen molar-refractivity contribution in [2.45, 2.75) is 30.9 Å². The molecule has 2 nitrogen and oxygen atoms in total. The molecule has 1 fully saturated rings. The quantitative estimate of drug-likeness (QED) is 0.499. The summed E-state index contributed by atoms with van der Waals surface area (Å²) < 4.78 is 0. The van der Waals surface area contributed by atoms with Crippen LogP contribution in [0.1, 0.15) is 25.7 Å². The average molecular weight is 201 g/mol. The average Bonchev–Trinajstić information content (AvgIpc) is 2.13. The standard InChI is InChI=1S/C10H19NOS/c1-11-6-8-13-10(9-11)5-3-2-4-7-12/h7,10H,2-6,8-9H2,1H3. The lowest BCUT2D eigenvalue weighted by atomic mass is 10.1. The Bertz CT molecular complexity index is 152. The minimum Gasteiger partial charge on any atom is -0.304 e. The summed E-state index contributed by atoms with van der Waals surface area (Å²) >= 11 is 2.09. The Labute approximate surface area is 85.1 Å². The Morgan fingerprint density at radius 2 is 2.38 bits per heavy atom. The van der Waals surface area contributed by atoms with Gasteiger partial charge in [0.2, 0.25) is 0 Å². The second kappa shape index (κ2) is 6.44. The van der Waals surface area contributed by atoms with Crippen LogP contribution in [0, 0.1) is 0 Å². The van der Waals surface area contributed by atoms with Gasteiger partial charge in [-0.1, -0.05) is 6.42 Å². The van der Waals surface area contributed by atoms with Gasteiger partial charge in [-0.25, -0.2) is 0 Å². The minimum atomic E-state index is 0.743. The smallest absolute Gasteiger partial charge is 0.119 e. The molecule has 0 radical (unpaired) electrons. The first-order valence-electron chi connectivity index (χ1n) is 5.06. The van der Waals surface area contributed by atoms with E-state index in [4.69, 9.17) is 0 Å². The van der Waals surface area contributed by atoms with Crippen molar-refractivity contribution in [2.75, 3.05) is 25.9 Å². The second-order valence-corrected chi connectivity index (χ2v) is 5.11. The molecule has 0 aliphatic carbocycles. The number of carbonyl (C=O) groups is 1. The van der Waals surface area contributed by atoms with Crippen LogP contribution in [0.5, 0.6) is 0 Å². The van der Waals surface area contributed by atoms with Crippen molar-refractivity contribution < 1.29 is 4.79 Å². The van der Waals surface area contributed by atoms with Crippen molar-refractivity contribution >= 4 is 18.0 Å². The maximum absolute atomic E-state index is 10.1. The molecule has 0 saturated carbocycles. The molecule has 3 heteroatoms. The Kier molecular flexibility index (Phi) is 5.47. The predicted molar refractivity (Wildman–Crippen MR) is 58.3 cm³/mol. The normalized spacial score (nSPS) is 24.5. The highest BCUT2D eigenvalue weighted by Crippen LogP contribution is 2.22. The van der Waals surface area contributed by atoms with E-state index in [1.807, 2.05) is 0 Å². The van der Waals surface area contributed by atoms with Crippen molar-refractivity contribution in [3.05, 3.63) is 0 Å². The highest BCUT2D eigenvalue weighted by atomic mass is 32.2. The lowest BCUT2D eigenvalue weighted by molar-refractivity contribution is -0.107. The van der Waals surface area contributed by atoms with Crippen LogP contribution in [0.3, 0.4) is 0 Å². The molecule has 0 amide bonds. The van der Waals surface area contributed by atoms with E-state index in [9.17, 15) is 4.79 Å². The van der Waals surface area contributed by atoms with Gasteiger partial charge in [0.1, 0.15) is 6.29 Å². The third-order valence-corrected chi connectivity index (χ3v) is 3.71. The van der Waals surface area contributed by atoms with Crippen LogP contribution in [0.4, 0.5) is 0 Å². The number of carbonyl (C=O) groups excluding carboxylic acids is 1. The van der Waals surface area contributed by atoms with E-state index in [1.54, 1.807) is 0 Å². The fourth-order valence-corrected chi connectivity index (χ4v) is 3.08. The first kappa shape index (κ1) is 11.1. The van der Waals surface area contributed by atoms with Crippen LogP contribution in [-0.2, 0) is 4.79 Å². The van der Waals surface area contributed by atoms with Crippen LogP contribution < -0.4 is 0 Å². The number of rotatable bonds is 5. The van der Waals surface area contributed by atoms with Crippen molar-refractivity contribution in [3.63, 3.8) is 0 Å². The maximum atomic E-state index is 10.1. The predicted octanol–water partition coefficient (Wildman–Crippen LogP) is 1.79. The third-order valence-electron chi connectivity index (χ3n) is 2.44. The van der Waals surface area contributed by atoms with E-state index in [0.29, 0.717) is 0 Å². The molecule has 13 heavy (non-hydrogen) atoms. The molecule has 0 N–H and O–H groups in total. The van der Waals surface area contributed by atoms with Crippen molar-refractivity contribution in [1.82, 2.24) is 4.90 Å². The summed E-state index contributed by atoms with van der Waals surface area (Å²) in [4.78, 5) is 12.5. The van der Waals surface area contributed by atoms with Gasteiger partial charge in [0.15, 0.2) is 0 Å². The van der Waals surface area contributed by atoms with Gasteiger partial charge in [0.25, 0.3) is 0 Å². The molecule has 1 unspecified atom stereocenters. The first-order valence-corrected chi connectivity index (χ1v) is 6.11. The minimum absolute atomic E-state index is 0.743. The van der Waals surface area contributed by atoms with Crippen LogP contribution in [0.25, 0.3) is 0 Å². The number of aldehydes is 1. The van der Waals surface area contributed by atoms with Crippen LogP contribution >= 0.6 is 11.8 Å². The highest BCUT2D eigenvalue weighted by Gasteiger charge is 2.16. The molecule has 0 aromatic rings. The van der Waals surface area contributed by atoms with Gasteiger partial charge in [-0.05, 0) is 19.9 Å². The van der Waals surface area contributed by atoms with E-state index in [1.165, 1.54) is 31.7 Å². The molecule has 1 rings (SSSR count). The van der Waals surface area contributed by atoms with E-state index in [2.05, 4.69) is 23.7 Å². The molecule has 1 aliphatic heterocycles. The van der Waals surface area contributed by atoms with E-state index >= 15 is 0 Å². The third kappa shape index (κ3) is 4.67. The molecule has 1 saturated heterocycles. The zero-order valence-corrected chi connectivity index (χ0v) is 9.18. The topological polar surface area (TPSA) is 20.3 Å². The van der Waals surface area contributed by atoms with E-state index in [0.717, 1.165) is 24.4 Å². The molecule has 0 bridgehead atoms. The summed E-state index contributed by atoms with van der Waals surface area (Å²) in [6.07, 6.45) is 5.34.